The number of carbonyl (C=O) groups excluding carboxylic acids is 1. The van der Waals surface area contributed by atoms with Crippen molar-refractivity contribution in [1.29, 1.82) is 0 Å². The summed E-state index contributed by atoms with van der Waals surface area (Å²) in [5.74, 6) is -1.14. The molecule has 2 heterocycles. The Hall–Kier alpha value is -2.76. The second-order valence-electron chi connectivity index (χ2n) is 3.97. The second-order valence-corrected chi connectivity index (χ2v) is 3.97. The fourth-order valence-corrected chi connectivity index (χ4v) is 1.74. The molecule has 0 aliphatic heterocycles. The van der Waals surface area contributed by atoms with Gasteiger partial charge in [0.25, 0.3) is 5.91 Å². The van der Waals surface area contributed by atoms with E-state index in [-0.39, 0.29) is 5.69 Å². The van der Waals surface area contributed by atoms with E-state index >= 15 is 0 Å². The number of aromatic nitrogens is 3. The minimum absolute atomic E-state index is 0.0321. The van der Waals surface area contributed by atoms with Crippen LogP contribution < -0.4 is 5.32 Å². The van der Waals surface area contributed by atoms with Gasteiger partial charge in [-0.2, -0.15) is 9.49 Å². The van der Waals surface area contributed by atoms with Gasteiger partial charge in [-0.3, -0.25) is 9.89 Å². The van der Waals surface area contributed by atoms with E-state index in [0.29, 0.717) is 5.69 Å². The first-order chi connectivity index (χ1) is 9.22. The number of amides is 1. The predicted molar refractivity (Wildman–Crippen MR) is 68.2 cm³/mol. The van der Waals surface area contributed by atoms with E-state index in [9.17, 15) is 9.18 Å². The molecule has 0 radical (unpaired) electrons. The van der Waals surface area contributed by atoms with Crippen LogP contribution in [0.1, 0.15) is 10.5 Å². The number of anilines is 1. The Bertz CT molecular complexity index is 753. The van der Waals surface area contributed by atoms with Crippen LogP contribution in [-0.4, -0.2) is 21.1 Å². The van der Waals surface area contributed by atoms with Crippen LogP contribution in [0.2, 0.25) is 0 Å². The Kier molecular flexibility index (Phi) is 2.68. The number of H-pyrrole nitrogens is 1. The molecule has 6 heteroatoms. The molecule has 0 aliphatic carbocycles. The van der Waals surface area contributed by atoms with E-state index in [4.69, 9.17) is 0 Å². The molecule has 3 rings (SSSR count). The summed E-state index contributed by atoms with van der Waals surface area (Å²) in [6.45, 7) is 0. The summed E-state index contributed by atoms with van der Waals surface area (Å²) in [6.07, 6.45) is 1.69. The lowest BCUT2D eigenvalue weighted by atomic mass is 10.2. The van der Waals surface area contributed by atoms with E-state index < -0.39 is 11.9 Å². The normalized spacial score (nSPS) is 10.6. The minimum atomic E-state index is -0.684. The summed E-state index contributed by atoms with van der Waals surface area (Å²) < 4.78 is 12.9. The van der Waals surface area contributed by atoms with Crippen LogP contribution in [0, 0.1) is 5.95 Å². The number of aromatic amines is 1. The highest BCUT2D eigenvalue weighted by Crippen LogP contribution is 2.17. The number of nitrogens with one attached hydrogen (secondary N) is 2. The Balaban J connectivity index is 1.86. The van der Waals surface area contributed by atoms with Crippen LogP contribution in [0.4, 0.5) is 10.1 Å². The number of benzene rings is 1. The molecule has 2 aromatic heterocycles. The van der Waals surface area contributed by atoms with E-state index in [1.165, 1.54) is 18.2 Å². The van der Waals surface area contributed by atoms with Crippen LogP contribution >= 0.6 is 0 Å². The molecule has 0 atom stereocenters. The summed E-state index contributed by atoms with van der Waals surface area (Å²) >= 11 is 0. The number of hydrogen-bond acceptors (Lipinski definition) is 3. The first-order valence-corrected chi connectivity index (χ1v) is 5.59. The molecule has 1 aromatic carbocycles. The third-order valence-corrected chi connectivity index (χ3v) is 2.65. The van der Waals surface area contributed by atoms with E-state index in [1.54, 1.807) is 18.3 Å². The lowest BCUT2D eigenvalue weighted by Crippen LogP contribution is -2.14. The maximum absolute atomic E-state index is 12.9. The number of fused-ring (bicyclic) bond motifs is 1. The topological polar surface area (TPSA) is 70.7 Å². The van der Waals surface area contributed by atoms with Gasteiger partial charge in [-0.1, -0.05) is 6.07 Å². The van der Waals surface area contributed by atoms with Gasteiger partial charge in [0.05, 0.1) is 11.7 Å². The van der Waals surface area contributed by atoms with Crippen molar-refractivity contribution in [2.75, 3.05) is 5.32 Å². The number of halogens is 1. The van der Waals surface area contributed by atoms with Crippen LogP contribution in [0.5, 0.6) is 0 Å². The van der Waals surface area contributed by atoms with Gasteiger partial charge in [-0.25, -0.2) is 4.98 Å². The Labute approximate surface area is 107 Å². The zero-order valence-electron chi connectivity index (χ0n) is 9.72. The van der Waals surface area contributed by atoms with E-state index in [0.717, 1.165) is 10.9 Å². The van der Waals surface area contributed by atoms with Crippen molar-refractivity contribution in [1.82, 2.24) is 15.2 Å². The zero-order valence-corrected chi connectivity index (χ0v) is 9.72. The molecule has 0 saturated heterocycles. The van der Waals surface area contributed by atoms with Crippen molar-refractivity contribution in [3.63, 3.8) is 0 Å². The highest BCUT2D eigenvalue weighted by molar-refractivity contribution is 6.03. The van der Waals surface area contributed by atoms with Gasteiger partial charge in [-0.15, -0.1) is 0 Å². The van der Waals surface area contributed by atoms with Crippen LogP contribution in [-0.2, 0) is 0 Å². The summed E-state index contributed by atoms with van der Waals surface area (Å²) in [4.78, 5) is 15.4. The SMILES string of the molecule is O=C(Nc1ccc2cn[nH]c2c1)c1cccc(F)n1. The average Bonchev–Trinajstić information content (AvgIpc) is 2.86. The third kappa shape index (κ3) is 2.28. The fraction of sp³-hybridized carbons (Fsp3) is 0. The highest BCUT2D eigenvalue weighted by atomic mass is 19.1. The quantitative estimate of drug-likeness (QED) is 0.691. The maximum Gasteiger partial charge on any atom is 0.274 e. The molecule has 94 valence electrons. The van der Waals surface area contributed by atoms with Gasteiger partial charge in [0, 0.05) is 11.1 Å². The van der Waals surface area contributed by atoms with Gasteiger partial charge in [0.1, 0.15) is 5.69 Å². The first-order valence-electron chi connectivity index (χ1n) is 5.59. The number of hydrogen-bond donors (Lipinski definition) is 2. The average molecular weight is 256 g/mol. The van der Waals surface area contributed by atoms with Crippen molar-refractivity contribution in [3.05, 3.63) is 54.2 Å². The Morgan fingerprint density at radius 3 is 3.00 bits per heavy atom. The molecule has 0 spiro atoms. The van der Waals surface area contributed by atoms with Crippen molar-refractivity contribution >= 4 is 22.5 Å². The lowest BCUT2D eigenvalue weighted by Gasteiger charge is -2.04. The molecular weight excluding hydrogens is 247 g/mol. The molecule has 0 fully saturated rings. The van der Waals surface area contributed by atoms with Gasteiger partial charge in [0.2, 0.25) is 5.95 Å². The molecule has 0 unspecified atom stereocenters. The highest BCUT2D eigenvalue weighted by Gasteiger charge is 2.09. The zero-order chi connectivity index (χ0) is 13.2. The van der Waals surface area contributed by atoms with Gasteiger partial charge in [0.15, 0.2) is 0 Å². The number of nitrogens with zero attached hydrogens (tertiary/aromatic N) is 2. The van der Waals surface area contributed by atoms with Gasteiger partial charge in [-0.05, 0) is 30.3 Å². The van der Waals surface area contributed by atoms with Crippen LogP contribution in [0.3, 0.4) is 0 Å². The fourth-order valence-electron chi connectivity index (χ4n) is 1.74. The van der Waals surface area contributed by atoms with Crippen molar-refractivity contribution < 1.29 is 9.18 Å². The Morgan fingerprint density at radius 2 is 2.16 bits per heavy atom. The van der Waals surface area contributed by atoms with Crippen molar-refractivity contribution in [2.24, 2.45) is 0 Å². The lowest BCUT2D eigenvalue weighted by molar-refractivity contribution is 0.102. The van der Waals surface area contributed by atoms with Crippen molar-refractivity contribution in [3.8, 4) is 0 Å². The van der Waals surface area contributed by atoms with E-state index in [2.05, 4.69) is 20.5 Å². The van der Waals surface area contributed by atoms with E-state index in [1.807, 2.05) is 6.07 Å². The molecule has 0 bridgehead atoms. The molecule has 0 saturated carbocycles. The monoisotopic (exact) mass is 256 g/mol. The molecule has 1 amide bonds. The largest absolute Gasteiger partial charge is 0.321 e. The van der Waals surface area contributed by atoms with Crippen molar-refractivity contribution in [2.45, 2.75) is 0 Å². The predicted octanol–water partition coefficient (Wildman–Crippen LogP) is 2.35. The summed E-state index contributed by atoms with van der Waals surface area (Å²) in [7, 11) is 0. The third-order valence-electron chi connectivity index (χ3n) is 2.65. The standard InChI is InChI=1S/C13H9FN4O/c14-12-3-1-2-10(17-12)13(19)16-9-5-4-8-7-15-18-11(8)6-9/h1-7H,(H,15,18)(H,16,19). The summed E-state index contributed by atoms with van der Waals surface area (Å²) in [6, 6.07) is 9.40. The van der Waals surface area contributed by atoms with Crippen LogP contribution in [0.15, 0.2) is 42.6 Å². The van der Waals surface area contributed by atoms with Gasteiger partial charge < -0.3 is 5.32 Å². The first kappa shape index (κ1) is 11.3. The maximum atomic E-state index is 12.9. The molecule has 0 aliphatic rings. The number of pyridine rings is 1. The summed E-state index contributed by atoms with van der Waals surface area (Å²) in [5.41, 5.74) is 1.43. The summed E-state index contributed by atoms with van der Waals surface area (Å²) in [5, 5.41) is 10.3. The molecule has 5 nitrogen and oxygen atoms in total. The number of rotatable bonds is 2. The number of carbonyl (C=O) groups is 1. The second kappa shape index (κ2) is 4.49. The van der Waals surface area contributed by atoms with Gasteiger partial charge >= 0.3 is 0 Å². The smallest absolute Gasteiger partial charge is 0.274 e. The molecule has 3 aromatic rings. The molecule has 19 heavy (non-hydrogen) atoms. The Morgan fingerprint density at radius 1 is 1.26 bits per heavy atom. The minimum Gasteiger partial charge on any atom is -0.321 e. The molecule has 2 N–H and O–H groups in total. The molecular formula is C13H9FN4O. The van der Waals surface area contributed by atoms with Crippen LogP contribution in [0.25, 0.3) is 10.9 Å².